The van der Waals surface area contributed by atoms with Gasteiger partial charge in [0, 0.05) is 51.7 Å². The monoisotopic (exact) mass is 254 g/mol. The molecule has 1 saturated heterocycles. The molecule has 4 nitrogen and oxygen atoms in total. The molecule has 1 aliphatic rings. The lowest BCUT2D eigenvalue weighted by molar-refractivity contribution is 0.0940. The van der Waals surface area contributed by atoms with Crippen molar-refractivity contribution in [2.24, 2.45) is 0 Å². The van der Waals surface area contributed by atoms with Crippen LogP contribution < -0.4 is 0 Å². The first kappa shape index (κ1) is 12.9. The Labute approximate surface area is 109 Å². The highest BCUT2D eigenvalue weighted by Gasteiger charge is 2.26. The molecule has 0 radical (unpaired) electrons. The van der Waals surface area contributed by atoms with Crippen LogP contribution in [0.4, 0.5) is 0 Å². The number of thiol groups is 1. The van der Waals surface area contributed by atoms with Gasteiger partial charge in [-0.3, -0.25) is 9.80 Å². The number of hydrogen-bond donors (Lipinski definition) is 1. The van der Waals surface area contributed by atoms with Crippen LogP contribution in [0.5, 0.6) is 0 Å². The van der Waals surface area contributed by atoms with E-state index in [1.807, 2.05) is 18.7 Å². The van der Waals surface area contributed by atoms with Crippen LogP contribution in [-0.2, 0) is 6.54 Å². The maximum absolute atomic E-state index is 4.62. The minimum absolute atomic E-state index is 0.0104. The molecule has 0 bridgehead atoms. The summed E-state index contributed by atoms with van der Waals surface area (Å²) in [5.74, 6) is 0. The molecule has 1 aromatic rings. The smallest absolute Gasteiger partial charge is 0.0946 e. The van der Waals surface area contributed by atoms with Crippen LogP contribution in [0.3, 0.4) is 0 Å². The molecule has 0 amide bonds. The molecule has 1 fully saturated rings. The van der Waals surface area contributed by atoms with Crippen molar-refractivity contribution in [3.8, 4) is 0 Å². The summed E-state index contributed by atoms with van der Waals surface area (Å²) in [6, 6.07) is 0. The molecule has 96 valence electrons. The predicted octanol–water partition coefficient (Wildman–Crippen LogP) is 1.17. The molecule has 0 atom stereocenters. The SMILES string of the molecule is CC(C)(S)N1CCN(CCn2ccnc2)CC1. The summed E-state index contributed by atoms with van der Waals surface area (Å²) in [7, 11) is 0. The first-order chi connectivity index (χ1) is 8.05. The van der Waals surface area contributed by atoms with E-state index in [0.717, 1.165) is 39.3 Å². The Morgan fingerprint density at radius 1 is 1.18 bits per heavy atom. The Bertz CT molecular complexity index is 323. The van der Waals surface area contributed by atoms with E-state index in [1.54, 1.807) is 0 Å². The number of piperazine rings is 1. The van der Waals surface area contributed by atoms with E-state index in [4.69, 9.17) is 0 Å². The Morgan fingerprint density at radius 2 is 1.88 bits per heavy atom. The topological polar surface area (TPSA) is 24.3 Å². The van der Waals surface area contributed by atoms with Gasteiger partial charge < -0.3 is 4.57 Å². The molecule has 1 aromatic heterocycles. The van der Waals surface area contributed by atoms with Gasteiger partial charge in [-0.1, -0.05) is 0 Å². The number of rotatable bonds is 4. The molecule has 0 aliphatic carbocycles. The zero-order valence-electron chi connectivity index (χ0n) is 10.7. The van der Waals surface area contributed by atoms with Crippen LogP contribution in [0, 0.1) is 0 Å². The van der Waals surface area contributed by atoms with Crippen molar-refractivity contribution in [1.29, 1.82) is 0 Å². The molecular formula is C12H22N4S. The van der Waals surface area contributed by atoms with Crippen LogP contribution >= 0.6 is 12.6 Å². The standard InChI is InChI=1S/C12H22N4S/c1-12(2,17)16-9-7-14(8-10-16)5-6-15-4-3-13-11-15/h3-4,11,17H,5-10H2,1-2H3. The zero-order valence-corrected chi connectivity index (χ0v) is 11.6. The van der Waals surface area contributed by atoms with Crippen LogP contribution in [0.15, 0.2) is 18.7 Å². The highest BCUT2D eigenvalue weighted by Crippen LogP contribution is 2.20. The van der Waals surface area contributed by atoms with Gasteiger partial charge in [0.05, 0.1) is 11.2 Å². The van der Waals surface area contributed by atoms with E-state index in [2.05, 4.69) is 45.8 Å². The maximum Gasteiger partial charge on any atom is 0.0946 e. The van der Waals surface area contributed by atoms with Crippen molar-refractivity contribution in [2.75, 3.05) is 32.7 Å². The summed E-state index contributed by atoms with van der Waals surface area (Å²) in [5.41, 5.74) is 0. The molecule has 0 aromatic carbocycles. The molecular weight excluding hydrogens is 232 g/mol. The van der Waals surface area contributed by atoms with Crippen molar-refractivity contribution >= 4 is 12.6 Å². The lowest BCUT2D eigenvalue weighted by atomic mass is 10.2. The largest absolute Gasteiger partial charge is 0.336 e. The lowest BCUT2D eigenvalue weighted by Crippen LogP contribution is -2.52. The molecule has 0 spiro atoms. The zero-order chi connectivity index (χ0) is 12.3. The van der Waals surface area contributed by atoms with E-state index in [0.29, 0.717) is 0 Å². The van der Waals surface area contributed by atoms with Crippen LogP contribution in [0.25, 0.3) is 0 Å². The summed E-state index contributed by atoms with van der Waals surface area (Å²) in [5, 5.41) is 0. The van der Waals surface area contributed by atoms with E-state index < -0.39 is 0 Å². The minimum atomic E-state index is 0.0104. The first-order valence-electron chi connectivity index (χ1n) is 6.21. The third kappa shape index (κ3) is 3.72. The fourth-order valence-corrected chi connectivity index (χ4v) is 2.39. The fraction of sp³-hybridized carbons (Fsp3) is 0.750. The second-order valence-corrected chi connectivity index (χ2v) is 6.22. The summed E-state index contributed by atoms with van der Waals surface area (Å²) >= 11 is 4.62. The lowest BCUT2D eigenvalue weighted by Gasteiger charge is -2.41. The Morgan fingerprint density at radius 3 is 2.41 bits per heavy atom. The minimum Gasteiger partial charge on any atom is -0.336 e. The molecule has 1 aliphatic heterocycles. The number of aromatic nitrogens is 2. The van der Waals surface area contributed by atoms with Crippen molar-refractivity contribution in [3.63, 3.8) is 0 Å². The molecule has 2 rings (SSSR count). The first-order valence-corrected chi connectivity index (χ1v) is 6.66. The van der Waals surface area contributed by atoms with Gasteiger partial charge in [-0.05, 0) is 13.8 Å². The van der Waals surface area contributed by atoms with Crippen LogP contribution in [0.2, 0.25) is 0 Å². The molecule has 5 heteroatoms. The highest BCUT2D eigenvalue weighted by molar-refractivity contribution is 7.81. The third-order valence-electron chi connectivity index (χ3n) is 3.38. The van der Waals surface area contributed by atoms with Gasteiger partial charge in [-0.15, -0.1) is 0 Å². The average molecular weight is 254 g/mol. The molecule has 0 N–H and O–H groups in total. The molecule has 17 heavy (non-hydrogen) atoms. The fourth-order valence-electron chi connectivity index (χ4n) is 2.19. The summed E-state index contributed by atoms with van der Waals surface area (Å²) < 4.78 is 2.13. The van der Waals surface area contributed by atoms with Gasteiger partial charge in [-0.2, -0.15) is 12.6 Å². The normalized spacial score (nSPS) is 19.7. The van der Waals surface area contributed by atoms with Crippen molar-refractivity contribution in [1.82, 2.24) is 19.4 Å². The van der Waals surface area contributed by atoms with Gasteiger partial charge in [0.1, 0.15) is 0 Å². The average Bonchev–Trinajstić information content (AvgIpc) is 2.78. The van der Waals surface area contributed by atoms with Crippen LogP contribution in [-0.4, -0.2) is 56.9 Å². The highest BCUT2D eigenvalue weighted by atomic mass is 32.1. The quantitative estimate of drug-likeness (QED) is 0.816. The van der Waals surface area contributed by atoms with Crippen molar-refractivity contribution < 1.29 is 0 Å². The van der Waals surface area contributed by atoms with Gasteiger partial charge >= 0.3 is 0 Å². The Balaban J connectivity index is 1.72. The second kappa shape index (κ2) is 5.42. The third-order valence-corrected chi connectivity index (χ3v) is 3.66. The van der Waals surface area contributed by atoms with Crippen molar-refractivity contribution in [3.05, 3.63) is 18.7 Å². The van der Waals surface area contributed by atoms with Crippen molar-refractivity contribution in [2.45, 2.75) is 25.3 Å². The summed E-state index contributed by atoms with van der Waals surface area (Å²) in [4.78, 5) is 9.01. The van der Waals surface area contributed by atoms with E-state index >= 15 is 0 Å². The van der Waals surface area contributed by atoms with Gasteiger partial charge in [0.15, 0.2) is 0 Å². The molecule has 2 heterocycles. The second-order valence-electron chi connectivity index (χ2n) is 5.12. The predicted molar refractivity (Wildman–Crippen MR) is 73.3 cm³/mol. The van der Waals surface area contributed by atoms with Gasteiger partial charge in [0.25, 0.3) is 0 Å². The Hall–Kier alpha value is -0.520. The number of hydrogen-bond acceptors (Lipinski definition) is 4. The van der Waals surface area contributed by atoms with E-state index in [-0.39, 0.29) is 4.87 Å². The molecule has 0 unspecified atom stereocenters. The van der Waals surface area contributed by atoms with Gasteiger partial charge in [0.2, 0.25) is 0 Å². The number of imidazole rings is 1. The van der Waals surface area contributed by atoms with Gasteiger partial charge in [-0.25, -0.2) is 4.98 Å². The maximum atomic E-state index is 4.62. The van der Waals surface area contributed by atoms with E-state index in [1.165, 1.54) is 0 Å². The van der Waals surface area contributed by atoms with E-state index in [9.17, 15) is 0 Å². The molecule has 0 saturated carbocycles. The van der Waals surface area contributed by atoms with Crippen LogP contribution in [0.1, 0.15) is 13.8 Å². The number of nitrogens with zero attached hydrogens (tertiary/aromatic N) is 4. The summed E-state index contributed by atoms with van der Waals surface area (Å²) in [6.45, 7) is 11.0. The Kier molecular flexibility index (Phi) is 4.12. The summed E-state index contributed by atoms with van der Waals surface area (Å²) in [6.07, 6.45) is 5.74.